The van der Waals surface area contributed by atoms with Gasteiger partial charge < -0.3 is 9.94 Å². The molecule has 0 fully saturated rings. The maximum Gasteiger partial charge on any atom is 0.221 e. The van der Waals surface area contributed by atoms with Gasteiger partial charge in [-0.05, 0) is 37.6 Å². The fourth-order valence-electron chi connectivity index (χ4n) is 2.68. The van der Waals surface area contributed by atoms with Crippen LogP contribution in [0.3, 0.4) is 0 Å². The minimum absolute atomic E-state index is 0.112. The highest BCUT2D eigenvalue weighted by Crippen LogP contribution is 2.16. The van der Waals surface area contributed by atoms with Crippen LogP contribution >= 0.6 is 0 Å². The Morgan fingerprint density at radius 3 is 3.04 bits per heavy atom. The predicted octanol–water partition coefficient (Wildman–Crippen LogP) is 1.94. The van der Waals surface area contributed by atoms with Crippen molar-refractivity contribution in [3.63, 3.8) is 0 Å². The number of aliphatic hydroxyl groups is 1. The Morgan fingerprint density at radius 2 is 2.18 bits per heavy atom. The SMILES string of the molecule is C/C(=N/OC(C)CO)c1cnc2nnn(Cc3ccc4ncccc4c3)c2n1. The van der Waals surface area contributed by atoms with Crippen LogP contribution in [-0.4, -0.2) is 53.5 Å². The molecular formula is C19H19N7O2. The summed E-state index contributed by atoms with van der Waals surface area (Å²) in [7, 11) is 0. The molecule has 0 saturated heterocycles. The normalized spacial score (nSPS) is 13.2. The van der Waals surface area contributed by atoms with Gasteiger partial charge in [-0.1, -0.05) is 22.5 Å². The summed E-state index contributed by atoms with van der Waals surface area (Å²) in [5.41, 5.74) is 4.14. The molecule has 1 aromatic carbocycles. The van der Waals surface area contributed by atoms with Gasteiger partial charge in [0.15, 0.2) is 5.65 Å². The molecule has 0 bridgehead atoms. The maximum absolute atomic E-state index is 9.03. The zero-order valence-electron chi connectivity index (χ0n) is 15.5. The van der Waals surface area contributed by atoms with E-state index < -0.39 is 0 Å². The van der Waals surface area contributed by atoms with Crippen molar-refractivity contribution in [3.8, 4) is 0 Å². The molecule has 3 heterocycles. The molecule has 3 aromatic heterocycles. The number of hydrogen-bond donors (Lipinski definition) is 1. The van der Waals surface area contributed by atoms with Crippen LogP contribution in [0.25, 0.3) is 22.2 Å². The van der Waals surface area contributed by atoms with Crippen LogP contribution in [0.1, 0.15) is 25.1 Å². The number of aromatic nitrogens is 6. The molecule has 1 atom stereocenters. The Hall–Kier alpha value is -3.46. The molecule has 28 heavy (non-hydrogen) atoms. The lowest BCUT2D eigenvalue weighted by atomic mass is 10.1. The van der Waals surface area contributed by atoms with Gasteiger partial charge >= 0.3 is 0 Å². The van der Waals surface area contributed by atoms with Crippen molar-refractivity contribution in [1.82, 2.24) is 29.9 Å². The standard InChI is InChI=1S/C19H19N7O2/c1-12(11-27)28-24-13(2)17-9-21-18-19(22-17)26(25-23-18)10-14-5-6-16-15(8-14)4-3-7-20-16/h3-9,12,27H,10-11H2,1-2H3/b24-13-. The molecule has 0 aliphatic heterocycles. The summed E-state index contributed by atoms with van der Waals surface area (Å²) in [5.74, 6) is 0. The fourth-order valence-corrected chi connectivity index (χ4v) is 2.68. The zero-order chi connectivity index (χ0) is 19.5. The van der Waals surface area contributed by atoms with Crippen molar-refractivity contribution < 1.29 is 9.94 Å². The molecule has 0 amide bonds. The van der Waals surface area contributed by atoms with Gasteiger partial charge in [0, 0.05) is 11.6 Å². The molecular weight excluding hydrogens is 358 g/mol. The molecule has 0 spiro atoms. The van der Waals surface area contributed by atoms with Crippen molar-refractivity contribution in [1.29, 1.82) is 0 Å². The third kappa shape index (κ3) is 3.65. The van der Waals surface area contributed by atoms with Crippen molar-refractivity contribution in [2.45, 2.75) is 26.5 Å². The van der Waals surface area contributed by atoms with E-state index in [1.54, 1.807) is 30.9 Å². The molecule has 0 saturated carbocycles. The minimum atomic E-state index is -0.388. The highest BCUT2D eigenvalue weighted by Gasteiger charge is 2.12. The summed E-state index contributed by atoms with van der Waals surface area (Å²) in [6, 6.07) is 10.0. The fraction of sp³-hybridized carbons (Fsp3) is 0.263. The second-order valence-electron chi connectivity index (χ2n) is 6.46. The molecule has 1 unspecified atom stereocenters. The molecule has 1 N–H and O–H groups in total. The van der Waals surface area contributed by atoms with Crippen molar-refractivity contribution in [3.05, 3.63) is 54.0 Å². The van der Waals surface area contributed by atoms with Crippen LogP contribution in [0.4, 0.5) is 0 Å². The Balaban J connectivity index is 1.63. The summed E-state index contributed by atoms with van der Waals surface area (Å²) in [6.45, 7) is 3.89. The van der Waals surface area contributed by atoms with Gasteiger partial charge in [-0.3, -0.25) is 4.98 Å². The van der Waals surface area contributed by atoms with E-state index >= 15 is 0 Å². The first-order valence-corrected chi connectivity index (χ1v) is 8.85. The number of hydrogen-bond acceptors (Lipinski definition) is 8. The second-order valence-corrected chi connectivity index (χ2v) is 6.46. The van der Waals surface area contributed by atoms with Crippen molar-refractivity contribution in [2.24, 2.45) is 5.16 Å². The summed E-state index contributed by atoms with van der Waals surface area (Å²) in [6.07, 6.45) is 2.97. The third-order valence-electron chi connectivity index (χ3n) is 4.22. The lowest BCUT2D eigenvalue weighted by Gasteiger charge is -2.07. The largest absolute Gasteiger partial charge is 0.392 e. The molecule has 142 valence electrons. The number of aliphatic hydroxyl groups excluding tert-OH is 1. The minimum Gasteiger partial charge on any atom is -0.392 e. The highest BCUT2D eigenvalue weighted by molar-refractivity contribution is 5.97. The topological polar surface area (TPSA) is 111 Å². The van der Waals surface area contributed by atoms with Gasteiger partial charge in [0.25, 0.3) is 0 Å². The number of benzene rings is 1. The van der Waals surface area contributed by atoms with Crippen LogP contribution in [0.15, 0.2) is 47.9 Å². The maximum atomic E-state index is 9.03. The second kappa shape index (κ2) is 7.65. The average Bonchev–Trinajstić information content (AvgIpc) is 3.13. The van der Waals surface area contributed by atoms with Crippen LogP contribution < -0.4 is 0 Å². The van der Waals surface area contributed by atoms with Gasteiger partial charge in [0.2, 0.25) is 5.65 Å². The smallest absolute Gasteiger partial charge is 0.221 e. The van der Waals surface area contributed by atoms with E-state index in [2.05, 4.69) is 36.5 Å². The number of oxime groups is 1. The lowest BCUT2D eigenvalue weighted by Crippen LogP contribution is -2.11. The molecule has 0 radical (unpaired) electrons. The average molecular weight is 377 g/mol. The predicted molar refractivity (Wildman–Crippen MR) is 104 cm³/mol. The number of nitrogens with zero attached hydrogens (tertiary/aromatic N) is 7. The molecule has 0 aliphatic carbocycles. The van der Waals surface area contributed by atoms with E-state index in [1.807, 2.05) is 24.3 Å². The quantitative estimate of drug-likeness (QED) is 0.404. The van der Waals surface area contributed by atoms with E-state index in [1.165, 1.54) is 0 Å². The number of fused-ring (bicyclic) bond motifs is 2. The van der Waals surface area contributed by atoms with Gasteiger partial charge in [0.1, 0.15) is 17.5 Å². The molecule has 9 nitrogen and oxygen atoms in total. The Kier molecular flexibility index (Phi) is 4.90. The summed E-state index contributed by atoms with van der Waals surface area (Å²) in [5, 5.41) is 22.4. The highest BCUT2D eigenvalue weighted by atomic mass is 16.6. The number of rotatable bonds is 6. The van der Waals surface area contributed by atoms with Crippen LogP contribution in [0.5, 0.6) is 0 Å². The van der Waals surface area contributed by atoms with E-state index in [9.17, 15) is 0 Å². The summed E-state index contributed by atoms with van der Waals surface area (Å²) < 4.78 is 1.70. The molecule has 4 rings (SSSR count). The Bertz CT molecular complexity index is 1160. The Labute approximate surface area is 160 Å². The van der Waals surface area contributed by atoms with Crippen LogP contribution in [0.2, 0.25) is 0 Å². The Morgan fingerprint density at radius 1 is 1.29 bits per heavy atom. The van der Waals surface area contributed by atoms with Crippen LogP contribution in [0, 0.1) is 0 Å². The van der Waals surface area contributed by atoms with Crippen LogP contribution in [-0.2, 0) is 11.4 Å². The van der Waals surface area contributed by atoms with E-state index in [0.29, 0.717) is 29.2 Å². The van der Waals surface area contributed by atoms with Crippen molar-refractivity contribution in [2.75, 3.05) is 6.61 Å². The van der Waals surface area contributed by atoms with Crippen molar-refractivity contribution >= 4 is 27.9 Å². The van der Waals surface area contributed by atoms with Gasteiger partial charge in [-0.2, -0.15) is 0 Å². The van der Waals surface area contributed by atoms with Gasteiger partial charge in [-0.25, -0.2) is 14.6 Å². The first-order chi connectivity index (χ1) is 13.6. The summed E-state index contributed by atoms with van der Waals surface area (Å²) >= 11 is 0. The summed E-state index contributed by atoms with van der Waals surface area (Å²) in [4.78, 5) is 18.4. The van der Waals surface area contributed by atoms with E-state index in [0.717, 1.165) is 16.5 Å². The first kappa shape index (κ1) is 17.9. The first-order valence-electron chi connectivity index (χ1n) is 8.85. The monoisotopic (exact) mass is 377 g/mol. The molecule has 4 aromatic rings. The van der Waals surface area contributed by atoms with E-state index in [4.69, 9.17) is 9.94 Å². The lowest BCUT2D eigenvalue weighted by molar-refractivity contribution is 0.0290. The van der Waals surface area contributed by atoms with E-state index in [-0.39, 0.29) is 12.7 Å². The van der Waals surface area contributed by atoms with Gasteiger partial charge in [0.05, 0.1) is 24.9 Å². The molecule has 0 aliphatic rings. The molecule has 9 heteroatoms. The third-order valence-corrected chi connectivity index (χ3v) is 4.22. The zero-order valence-corrected chi connectivity index (χ0v) is 15.5. The number of pyridine rings is 1. The van der Waals surface area contributed by atoms with Gasteiger partial charge in [-0.15, -0.1) is 5.10 Å².